The molecule has 0 radical (unpaired) electrons. The van der Waals surface area contributed by atoms with Crippen molar-refractivity contribution in [2.24, 2.45) is 5.92 Å². The molecule has 0 aliphatic carbocycles. The molecule has 3 amide bonds. The number of benzene rings is 1. The van der Waals surface area contributed by atoms with E-state index in [1.165, 1.54) is 0 Å². The highest BCUT2D eigenvalue weighted by Crippen LogP contribution is 2.26. The summed E-state index contributed by atoms with van der Waals surface area (Å²) in [4.78, 5) is 41.5. The number of alkyl carbamates (subject to hydrolysis) is 1. The summed E-state index contributed by atoms with van der Waals surface area (Å²) < 4.78 is 5.40. The van der Waals surface area contributed by atoms with Crippen LogP contribution in [0.2, 0.25) is 0 Å². The average molecular weight is 486 g/mol. The first-order chi connectivity index (χ1) is 16.3. The lowest BCUT2D eigenvalue weighted by Crippen LogP contribution is -2.55. The second-order valence-electron chi connectivity index (χ2n) is 10.5. The zero-order valence-corrected chi connectivity index (χ0v) is 22.6. The van der Waals surface area contributed by atoms with Crippen LogP contribution in [0.15, 0.2) is 24.3 Å². The van der Waals surface area contributed by atoms with Crippen molar-refractivity contribution in [2.45, 2.75) is 98.4 Å². The molecule has 2 N–H and O–H groups in total. The van der Waals surface area contributed by atoms with Crippen LogP contribution < -0.4 is 10.6 Å². The van der Waals surface area contributed by atoms with E-state index in [9.17, 15) is 14.4 Å². The third kappa shape index (κ3) is 10.0. The summed E-state index contributed by atoms with van der Waals surface area (Å²) in [6, 6.07) is 5.04. The molecule has 0 heterocycles. The molecule has 1 aromatic rings. The van der Waals surface area contributed by atoms with E-state index >= 15 is 0 Å². The Morgan fingerprint density at radius 3 is 2.14 bits per heavy atom. The SMILES string of the molecule is C#Cc1ccc(C(C(=O)NCCCC)N(C(=O)C(CC(C)C)NC(=O)OC(C)(C)C)C(C)C)cc1. The maximum absolute atomic E-state index is 13.9. The zero-order valence-electron chi connectivity index (χ0n) is 22.6. The van der Waals surface area contributed by atoms with Crippen molar-refractivity contribution in [2.75, 3.05) is 6.54 Å². The molecule has 0 aromatic heterocycles. The number of hydrogen-bond acceptors (Lipinski definition) is 4. The lowest BCUT2D eigenvalue weighted by Gasteiger charge is -2.37. The Morgan fingerprint density at radius 1 is 1.09 bits per heavy atom. The van der Waals surface area contributed by atoms with Gasteiger partial charge in [0.1, 0.15) is 17.7 Å². The van der Waals surface area contributed by atoms with E-state index in [0.717, 1.165) is 12.8 Å². The van der Waals surface area contributed by atoms with Gasteiger partial charge in [-0.25, -0.2) is 4.79 Å². The number of nitrogens with zero attached hydrogens (tertiary/aromatic N) is 1. The summed E-state index contributed by atoms with van der Waals surface area (Å²) in [6.07, 6.45) is 7.01. The van der Waals surface area contributed by atoms with Crippen molar-refractivity contribution < 1.29 is 19.1 Å². The molecule has 1 rings (SSSR count). The minimum atomic E-state index is -0.874. The van der Waals surface area contributed by atoms with Crippen LogP contribution in [0.5, 0.6) is 0 Å². The molecule has 1 aromatic carbocycles. The normalized spacial score (nSPS) is 13.1. The highest BCUT2D eigenvalue weighted by molar-refractivity contribution is 5.92. The summed E-state index contributed by atoms with van der Waals surface area (Å²) in [5.74, 6) is 2.10. The average Bonchev–Trinajstić information content (AvgIpc) is 2.74. The van der Waals surface area contributed by atoms with Gasteiger partial charge in [0.2, 0.25) is 11.8 Å². The van der Waals surface area contributed by atoms with Crippen LogP contribution in [0.3, 0.4) is 0 Å². The summed E-state index contributed by atoms with van der Waals surface area (Å²) in [6.45, 7) is 15.5. The predicted octanol–water partition coefficient (Wildman–Crippen LogP) is 4.80. The van der Waals surface area contributed by atoms with Gasteiger partial charge in [-0.3, -0.25) is 9.59 Å². The van der Waals surface area contributed by atoms with Crippen molar-refractivity contribution in [1.29, 1.82) is 0 Å². The van der Waals surface area contributed by atoms with Gasteiger partial charge in [-0.05, 0) is 71.1 Å². The predicted molar refractivity (Wildman–Crippen MR) is 140 cm³/mol. The van der Waals surface area contributed by atoms with E-state index in [4.69, 9.17) is 11.2 Å². The van der Waals surface area contributed by atoms with E-state index in [-0.39, 0.29) is 23.8 Å². The van der Waals surface area contributed by atoms with Crippen molar-refractivity contribution in [1.82, 2.24) is 15.5 Å². The fourth-order valence-corrected chi connectivity index (χ4v) is 3.69. The van der Waals surface area contributed by atoms with Crippen LogP contribution in [0, 0.1) is 18.3 Å². The number of nitrogens with one attached hydrogen (secondary N) is 2. The molecule has 0 saturated heterocycles. The number of amides is 3. The second kappa shape index (κ2) is 13.8. The molecule has 0 aliphatic heterocycles. The molecule has 0 spiro atoms. The molecule has 7 nitrogen and oxygen atoms in total. The lowest BCUT2D eigenvalue weighted by molar-refractivity contribution is -0.144. The van der Waals surface area contributed by atoms with Crippen LogP contribution in [0.4, 0.5) is 4.79 Å². The molecule has 0 bridgehead atoms. The highest BCUT2D eigenvalue weighted by Gasteiger charge is 2.37. The molecule has 0 aliphatic rings. The third-order valence-corrected chi connectivity index (χ3v) is 5.26. The molecular formula is C28H43N3O4. The van der Waals surface area contributed by atoms with Crippen molar-refractivity contribution >= 4 is 17.9 Å². The van der Waals surface area contributed by atoms with Crippen LogP contribution in [-0.2, 0) is 14.3 Å². The Labute approximate surface area is 211 Å². The first-order valence-electron chi connectivity index (χ1n) is 12.5. The maximum atomic E-state index is 13.9. The van der Waals surface area contributed by atoms with Gasteiger partial charge in [-0.15, -0.1) is 6.42 Å². The zero-order chi connectivity index (χ0) is 26.8. The second-order valence-corrected chi connectivity index (χ2v) is 10.5. The topological polar surface area (TPSA) is 87.7 Å². The van der Waals surface area contributed by atoms with E-state index in [0.29, 0.717) is 24.1 Å². The van der Waals surface area contributed by atoms with Crippen LogP contribution in [0.25, 0.3) is 0 Å². The quantitative estimate of drug-likeness (QED) is 0.348. The minimum absolute atomic E-state index is 0.125. The standard InChI is InChI=1S/C28H43N3O4/c1-10-12-17-29-25(32)24(22-15-13-21(11-2)14-16-22)31(20(5)6)26(33)23(18-19(3)4)30-27(34)35-28(7,8)9/h2,13-16,19-20,23-24H,10,12,17-18H2,1,3-9H3,(H,29,32)(H,30,34). The van der Waals surface area contributed by atoms with Gasteiger partial charge >= 0.3 is 6.09 Å². The number of rotatable bonds is 11. The van der Waals surface area contributed by atoms with E-state index in [1.54, 1.807) is 49.9 Å². The van der Waals surface area contributed by atoms with Crippen LogP contribution >= 0.6 is 0 Å². The fourth-order valence-electron chi connectivity index (χ4n) is 3.69. The molecule has 0 saturated carbocycles. The maximum Gasteiger partial charge on any atom is 0.408 e. The summed E-state index contributed by atoms with van der Waals surface area (Å²) >= 11 is 0. The molecule has 194 valence electrons. The van der Waals surface area contributed by atoms with Crippen molar-refractivity contribution in [3.8, 4) is 12.3 Å². The number of hydrogen-bond donors (Lipinski definition) is 2. The van der Waals surface area contributed by atoms with Gasteiger partial charge in [0.15, 0.2) is 0 Å². The Morgan fingerprint density at radius 2 is 1.69 bits per heavy atom. The fraction of sp³-hybridized carbons (Fsp3) is 0.607. The van der Waals surface area contributed by atoms with Gasteiger partial charge in [-0.1, -0.05) is 45.2 Å². The Hall–Kier alpha value is -3.01. The number of ether oxygens (including phenoxy) is 1. The molecule has 2 unspecified atom stereocenters. The van der Waals surface area contributed by atoms with Gasteiger partial charge in [0, 0.05) is 18.2 Å². The largest absolute Gasteiger partial charge is 0.444 e. The van der Waals surface area contributed by atoms with Crippen molar-refractivity contribution in [3.63, 3.8) is 0 Å². The first kappa shape index (κ1) is 30.0. The van der Waals surface area contributed by atoms with Gasteiger partial charge < -0.3 is 20.3 Å². The Kier molecular flexibility index (Phi) is 11.8. The first-order valence-corrected chi connectivity index (χ1v) is 12.5. The Bertz CT molecular complexity index is 879. The highest BCUT2D eigenvalue weighted by atomic mass is 16.6. The molecule has 7 heteroatoms. The van der Waals surface area contributed by atoms with Crippen LogP contribution in [0.1, 0.15) is 91.8 Å². The third-order valence-electron chi connectivity index (χ3n) is 5.26. The molecule has 0 fully saturated rings. The molecular weight excluding hydrogens is 442 g/mol. The summed E-state index contributed by atoms with van der Waals surface area (Å²) in [5, 5.41) is 5.71. The number of carbonyl (C=O) groups is 3. The summed E-state index contributed by atoms with van der Waals surface area (Å²) in [5.41, 5.74) is 0.638. The van der Waals surface area contributed by atoms with Gasteiger partial charge in [0.05, 0.1) is 0 Å². The molecule has 2 atom stereocenters. The van der Waals surface area contributed by atoms with Crippen molar-refractivity contribution in [3.05, 3.63) is 35.4 Å². The number of unbranched alkanes of at least 4 members (excludes halogenated alkanes) is 1. The van der Waals surface area contributed by atoms with Gasteiger partial charge in [0.25, 0.3) is 0 Å². The Balaban J connectivity index is 3.42. The van der Waals surface area contributed by atoms with E-state index in [2.05, 4.69) is 16.6 Å². The van der Waals surface area contributed by atoms with E-state index < -0.39 is 23.8 Å². The van der Waals surface area contributed by atoms with E-state index in [1.807, 2.05) is 34.6 Å². The smallest absolute Gasteiger partial charge is 0.408 e. The number of carbonyl (C=O) groups excluding carboxylic acids is 3. The minimum Gasteiger partial charge on any atom is -0.444 e. The van der Waals surface area contributed by atoms with Gasteiger partial charge in [-0.2, -0.15) is 0 Å². The summed E-state index contributed by atoms with van der Waals surface area (Å²) in [7, 11) is 0. The van der Waals surface area contributed by atoms with Crippen LogP contribution in [-0.4, -0.2) is 47.0 Å². The monoisotopic (exact) mass is 485 g/mol. The lowest BCUT2D eigenvalue weighted by atomic mass is 9.97. The number of terminal acetylenes is 1. The molecule has 35 heavy (non-hydrogen) atoms.